The van der Waals surface area contributed by atoms with Crippen molar-refractivity contribution in [2.45, 2.75) is 39.5 Å². The van der Waals surface area contributed by atoms with Crippen molar-refractivity contribution < 1.29 is 9.84 Å². The second-order valence-electron chi connectivity index (χ2n) is 6.66. The number of benzene rings is 1. The number of nitrogens with zero attached hydrogens (tertiary/aromatic N) is 3. The molecule has 29 heavy (non-hydrogen) atoms. The van der Waals surface area contributed by atoms with Gasteiger partial charge in [0.25, 0.3) is 0 Å². The summed E-state index contributed by atoms with van der Waals surface area (Å²) in [5, 5.41) is 18.9. The van der Waals surface area contributed by atoms with E-state index in [1.54, 1.807) is 11.3 Å². The Labute approximate surface area is 192 Å². The van der Waals surface area contributed by atoms with E-state index in [1.807, 2.05) is 67.2 Å². The van der Waals surface area contributed by atoms with Gasteiger partial charge in [0, 0.05) is 30.9 Å². The van der Waals surface area contributed by atoms with Crippen molar-refractivity contribution in [3.05, 3.63) is 53.3 Å². The molecule has 0 amide bonds. The number of guanidine groups is 1. The molecule has 3 aromatic rings. The van der Waals surface area contributed by atoms with Gasteiger partial charge in [-0.05, 0) is 38.5 Å². The SMILES string of the molecule is CCNC(=NCc1cn2ccsc2n1)NCC(O)c1cccc(OC(C)C)c1.I. The van der Waals surface area contributed by atoms with E-state index >= 15 is 0 Å². The van der Waals surface area contributed by atoms with Crippen LogP contribution in [0.1, 0.15) is 38.1 Å². The van der Waals surface area contributed by atoms with Crippen LogP contribution in [0.15, 0.2) is 47.0 Å². The van der Waals surface area contributed by atoms with Gasteiger partial charge in [0.15, 0.2) is 10.9 Å². The van der Waals surface area contributed by atoms with E-state index in [9.17, 15) is 5.11 Å². The molecule has 3 N–H and O–H groups in total. The first-order valence-electron chi connectivity index (χ1n) is 9.43. The number of aliphatic hydroxyl groups excluding tert-OH is 1. The van der Waals surface area contributed by atoms with Crippen LogP contribution < -0.4 is 15.4 Å². The molecule has 0 aliphatic carbocycles. The molecule has 3 rings (SSSR count). The minimum Gasteiger partial charge on any atom is -0.491 e. The molecule has 0 saturated carbocycles. The maximum absolute atomic E-state index is 10.5. The quantitative estimate of drug-likeness (QED) is 0.236. The monoisotopic (exact) mass is 529 g/mol. The van der Waals surface area contributed by atoms with Crippen molar-refractivity contribution in [3.63, 3.8) is 0 Å². The van der Waals surface area contributed by atoms with Gasteiger partial charge in [0.05, 0.1) is 24.4 Å². The van der Waals surface area contributed by atoms with Crippen LogP contribution in [0.4, 0.5) is 0 Å². The van der Waals surface area contributed by atoms with E-state index in [0.29, 0.717) is 19.0 Å². The Morgan fingerprint density at radius 1 is 1.34 bits per heavy atom. The average molecular weight is 529 g/mol. The molecule has 7 nitrogen and oxygen atoms in total. The maximum Gasteiger partial charge on any atom is 0.193 e. The lowest BCUT2D eigenvalue weighted by atomic mass is 10.1. The summed E-state index contributed by atoms with van der Waals surface area (Å²) in [5.74, 6) is 1.40. The van der Waals surface area contributed by atoms with Crippen LogP contribution >= 0.6 is 35.3 Å². The van der Waals surface area contributed by atoms with Gasteiger partial charge in [-0.1, -0.05) is 12.1 Å². The fourth-order valence-electron chi connectivity index (χ4n) is 2.73. The highest BCUT2D eigenvalue weighted by molar-refractivity contribution is 14.0. The molecule has 1 unspecified atom stereocenters. The molecular weight excluding hydrogens is 501 g/mol. The molecule has 9 heteroatoms. The number of thiazole rings is 1. The Morgan fingerprint density at radius 2 is 2.17 bits per heavy atom. The normalized spacial score (nSPS) is 12.7. The molecule has 0 aliphatic heterocycles. The molecule has 0 radical (unpaired) electrons. The minimum absolute atomic E-state index is 0. The average Bonchev–Trinajstić information content (AvgIpc) is 3.25. The third kappa shape index (κ3) is 6.86. The van der Waals surface area contributed by atoms with Crippen molar-refractivity contribution in [1.29, 1.82) is 0 Å². The lowest BCUT2D eigenvalue weighted by Gasteiger charge is -2.17. The topological polar surface area (TPSA) is 83.2 Å². The largest absolute Gasteiger partial charge is 0.491 e. The number of aliphatic imine (C=N–C) groups is 1. The van der Waals surface area contributed by atoms with Gasteiger partial charge in [-0.3, -0.25) is 4.40 Å². The van der Waals surface area contributed by atoms with Crippen molar-refractivity contribution >= 4 is 46.2 Å². The molecular formula is C20H28IN5O2S. The van der Waals surface area contributed by atoms with E-state index in [0.717, 1.165) is 28.5 Å². The lowest BCUT2D eigenvalue weighted by Crippen LogP contribution is -2.39. The lowest BCUT2D eigenvalue weighted by molar-refractivity contribution is 0.179. The summed E-state index contributed by atoms with van der Waals surface area (Å²) < 4.78 is 7.69. The van der Waals surface area contributed by atoms with Crippen LogP contribution in [0, 0.1) is 0 Å². The van der Waals surface area contributed by atoms with Gasteiger partial charge in [-0.15, -0.1) is 35.3 Å². The van der Waals surface area contributed by atoms with E-state index < -0.39 is 6.10 Å². The zero-order valence-corrected chi connectivity index (χ0v) is 20.0. The number of nitrogens with one attached hydrogen (secondary N) is 2. The molecule has 0 bridgehead atoms. The van der Waals surface area contributed by atoms with E-state index in [2.05, 4.69) is 20.6 Å². The van der Waals surface area contributed by atoms with Crippen molar-refractivity contribution in [2.24, 2.45) is 4.99 Å². The minimum atomic E-state index is -0.669. The number of hydrogen-bond acceptors (Lipinski definition) is 5. The third-order valence-corrected chi connectivity index (χ3v) is 4.73. The molecule has 0 saturated heterocycles. The third-order valence-electron chi connectivity index (χ3n) is 3.96. The number of rotatable bonds is 8. The summed E-state index contributed by atoms with van der Waals surface area (Å²) in [6.45, 7) is 7.51. The summed E-state index contributed by atoms with van der Waals surface area (Å²) in [6, 6.07) is 7.54. The standard InChI is InChI=1S/C20H27N5O2S.HI/c1-4-21-19(22-11-16-13-25-8-9-28-20(25)24-16)23-12-18(26)15-6-5-7-17(10-15)27-14(2)3;/h5-10,13-14,18,26H,4,11-12H2,1-3H3,(H2,21,22,23);1H. The van der Waals surface area contributed by atoms with Gasteiger partial charge in [0.2, 0.25) is 0 Å². The number of imidazole rings is 1. The number of halogens is 1. The first kappa shape index (κ1) is 23.4. The Morgan fingerprint density at radius 3 is 2.90 bits per heavy atom. The molecule has 0 fully saturated rings. The van der Waals surface area contributed by atoms with Crippen LogP contribution in [0.25, 0.3) is 4.96 Å². The number of ether oxygens (including phenoxy) is 1. The Kier molecular flexibility index (Phi) is 9.18. The van der Waals surface area contributed by atoms with Crippen molar-refractivity contribution in [3.8, 4) is 5.75 Å². The zero-order valence-electron chi connectivity index (χ0n) is 16.8. The zero-order chi connectivity index (χ0) is 19.9. The molecule has 1 aromatic carbocycles. The fourth-order valence-corrected chi connectivity index (χ4v) is 3.45. The Hall–Kier alpha value is -1.85. The van der Waals surface area contributed by atoms with Crippen LogP contribution in [0.5, 0.6) is 5.75 Å². The molecule has 0 aliphatic rings. The van der Waals surface area contributed by atoms with Crippen LogP contribution in [0.3, 0.4) is 0 Å². The number of aromatic nitrogens is 2. The number of aliphatic hydroxyl groups is 1. The molecule has 1 atom stereocenters. The summed E-state index contributed by atoms with van der Waals surface area (Å²) in [7, 11) is 0. The van der Waals surface area contributed by atoms with E-state index in [1.165, 1.54) is 0 Å². The van der Waals surface area contributed by atoms with Gasteiger partial charge in [-0.2, -0.15) is 0 Å². The highest BCUT2D eigenvalue weighted by Gasteiger charge is 2.10. The molecule has 2 heterocycles. The van der Waals surface area contributed by atoms with Crippen LogP contribution in [0.2, 0.25) is 0 Å². The second kappa shape index (κ2) is 11.4. The second-order valence-corrected chi connectivity index (χ2v) is 7.53. The summed E-state index contributed by atoms with van der Waals surface area (Å²) in [6.07, 6.45) is 3.39. The van der Waals surface area contributed by atoms with Gasteiger partial charge in [0.1, 0.15) is 5.75 Å². The first-order valence-corrected chi connectivity index (χ1v) is 10.3. The number of hydrogen-bond donors (Lipinski definition) is 3. The number of fused-ring (bicyclic) bond motifs is 1. The molecule has 2 aromatic heterocycles. The fraction of sp³-hybridized carbons (Fsp3) is 0.400. The van der Waals surface area contributed by atoms with Crippen molar-refractivity contribution in [1.82, 2.24) is 20.0 Å². The van der Waals surface area contributed by atoms with Crippen LogP contribution in [-0.2, 0) is 6.54 Å². The summed E-state index contributed by atoms with van der Waals surface area (Å²) in [4.78, 5) is 10.1. The van der Waals surface area contributed by atoms with Crippen LogP contribution in [-0.4, -0.2) is 39.6 Å². The van der Waals surface area contributed by atoms with Gasteiger partial charge in [-0.25, -0.2) is 9.98 Å². The summed E-state index contributed by atoms with van der Waals surface area (Å²) in [5.41, 5.74) is 1.71. The Balaban J connectivity index is 0.00000300. The van der Waals surface area contributed by atoms with Gasteiger partial charge < -0.3 is 20.5 Å². The smallest absolute Gasteiger partial charge is 0.193 e. The maximum atomic E-state index is 10.5. The molecule has 158 valence electrons. The first-order chi connectivity index (χ1) is 13.5. The predicted molar refractivity (Wildman–Crippen MR) is 128 cm³/mol. The van der Waals surface area contributed by atoms with Gasteiger partial charge >= 0.3 is 0 Å². The Bertz CT molecular complexity index is 896. The van der Waals surface area contributed by atoms with E-state index in [4.69, 9.17) is 4.74 Å². The predicted octanol–water partition coefficient (Wildman–Crippen LogP) is 3.59. The van der Waals surface area contributed by atoms with Crippen molar-refractivity contribution in [2.75, 3.05) is 13.1 Å². The van der Waals surface area contributed by atoms with E-state index in [-0.39, 0.29) is 30.1 Å². The summed E-state index contributed by atoms with van der Waals surface area (Å²) >= 11 is 1.60. The molecule has 0 spiro atoms. The highest BCUT2D eigenvalue weighted by atomic mass is 127. The highest BCUT2D eigenvalue weighted by Crippen LogP contribution is 2.20.